The monoisotopic (exact) mass is 360 g/mol. The van der Waals surface area contributed by atoms with E-state index in [2.05, 4.69) is 33.6 Å². The highest BCUT2D eigenvalue weighted by Crippen LogP contribution is 2.25. The van der Waals surface area contributed by atoms with Crippen molar-refractivity contribution < 1.29 is 4.74 Å². The van der Waals surface area contributed by atoms with E-state index in [-0.39, 0.29) is 0 Å². The van der Waals surface area contributed by atoms with Crippen molar-refractivity contribution in [2.45, 2.75) is 19.3 Å². The lowest BCUT2D eigenvalue weighted by molar-refractivity contribution is 0.406. The third-order valence-electron chi connectivity index (χ3n) is 3.96. The number of hydrogen-bond donors (Lipinski definition) is 2. The van der Waals surface area contributed by atoms with Crippen LogP contribution < -0.4 is 15.4 Å². The minimum atomic E-state index is 0.301. The lowest BCUT2D eigenvalue weighted by atomic mass is 10.0. The van der Waals surface area contributed by atoms with Crippen molar-refractivity contribution in [3.63, 3.8) is 0 Å². The summed E-state index contributed by atoms with van der Waals surface area (Å²) in [5.74, 6) is 1.99. The zero-order valence-corrected chi connectivity index (χ0v) is 15.7. The molecule has 6 heteroatoms. The first-order valence-electron chi connectivity index (χ1n) is 8.32. The number of nitrogens with zero attached hydrogens (tertiary/aromatic N) is 2. The van der Waals surface area contributed by atoms with Crippen molar-refractivity contribution in [3.8, 4) is 5.75 Å². The maximum Gasteiger partial charge on any atom is 0.191 e. The van der Waals surface area contributed by atoms with E-state index >= 15 is 0 Å². The summed E-state index contributed by atoms with van der Waals surface area (Å²) >= 11 is 5.80. The number of halogens is 1. The first kappa shape index (κ1) is 19.1. The zero-order chi connectivity index (χ0) is 18.1. The standard InChI is InChI=1S/C19H25ClN4O/c1-14(16-6-4-5-7-17(16)25-3)12-24-19(21-2)22-11-10-15-8-9-18(20)23-13-15/h4-9,13-14H,10-12H2,1-3H3,(H2,21,22,24). The van der Waals surface area contributed by atoms with Crippen LogP contribution >= 0.6 is 11.6 Å². The molecule has 134 valence electrons. The summed E-state index contributed by atoms with van der Waals surface area (Å²) in [4.78, 5) is 8.35. The van der Waals surface area contributed by atoms with Gasteiger partial charge in [-0.1, -0.05) is 42.8 Å². The van der Waals surface area contributed by atoms with E-state index < -0.39 is 0 Å². The fourth-order valence-electron chi connectivity index (χ4n) is 2.53. The quantitative estimate of drug-likeness (QED) is 0.452. The van der Waals surface area contributed by atoms with Crippen LogP contribution in [0.15, 0.2) is 47.6 Å². The Kier molecular flexibility index (Phi) is 7.54. The molecule has 1 aromatic carbocycles. The molecule has 1 aromatic heterocycles. The molecule has 0 fully saturated rings. The highest BCUT2D eigenvalue weighted by Gasteiger charge is 2.11. The molecule has 0 bridgehead atoms. The average Bonchev–Trinajstić information content (AvgIpc) is 2.65. The van der Waals surface area contributed by atoms with Crippen LogP contribution in [-0.4, -0.2) is 38.2 Å². The fourth-order valence-corrected chi connectivity index (χ4v) is 2.65. The second-order valence-electron chi connectivity index (χ2n) is 5.76. The SMILES string of the molecule is CN=C(NCCc1ccc(Cl)nc1)NCC(C)c1ccccc1OC. The number of hydrogen-bond acceptors (Lipinski definition) is 3. The molecule has 0 amide bonds. The molecule has 5 nitrogen and oxygen atoms in total. The molecular formula is C19H25ClN4O. The summed E-state index contributed by atoms with van der Waals surface area (Å²) in [6.45, 7) is 3.70. The molecule has 2 aromatic rings. The van der Waals surface area contributed by atoms with E-state index in [1.165, 1.54) is 5.56 Å². The summed E-state index contributed by atoms with van der Waals surface area (Å²) in [6.07, 6.45) is 2.65. The lowest BCUT2D eigenvalue weighted by Gasteiger charge is -2.18. The van der Waals surface area contributed by atoms with Crippen molar-refractivity contribution >= 4 is 17.6 Å². The summed E-state index contributed by atoms with van der Waals surface area (Å²) in [5.41, 5.74) is 2.31. The predicted molar refractivity (Wildman–Crippen MR) is 104 cm³/mol. The predicted octanol–water partition coefficient (Wildman–Crippen LogP) is 3.25. The van der Waals surface area contributed by atoms with E-state index in [4.69, 9.17) is 16.3 Å². The van der Waals surface area contributed by atoms with Gasteiger partial charge < -0.3 is 15.4 Å². The molecule has 0 saturated heterocycles. The van der Waals surface area contributed by atoms with Crippen molar-refractivity contribution in [3.05, 3.63) is 58.9 Å². The van der Waals surface area contributed by atoms with Crippen LogP contribution in [0.2, 0.25) is 5.15 Å². The summed E-state index contributed by atoms with van der Waals surface area (Å²) in [7, 11) is 3.47. The number of guanidine groups is 1. The van der Waals surface area contributed by atoms with Crippen LogP contribution in [0.1, 0.15) is 24.0 Å². The molecule has 25 heavy (non-hydrogen) atoms. The lowest BCUT2D eigenvalue weighted by Crippen LogP contribution is -2.39. The second-order valence-corrected chi connectivity index (χ2v) is 6.15. The van der Waals surface area contributed by atoms with E-state index in [1.807, 2.05) is 24.3 Å². The number of para-hydroxylation sites is 1. The molecule has 0 aliphatic rings. The molecule has 0 radical (unpaired) electrons. The largest absolute Gasteiger partial charge is 0.496 e. The molecule has 1 unspecified atom stereocenters. The van der Waals surface area contributed by atoms with Gasteiger partial charge in [0, 0.05) is 32.3 Å². The second kappa shape index (κ2) is 9.89. The van der Waals surface area contributed by atoms with Crippen LogP contribution in [0, 0.1) is 0 Å². The Balaban J connectivity index is 1.80. The van der Waals surface area contributed by atoms with Gasteiger partial charge >= 0.3 is 0 Å². The highest BCUT2D eigenvalue weighted by molar-refractivity contribution is 6.29. The van der Waals surface area contributed by atoms with Gasteiger partial charge in [0.1, 0.15) is 10.9 Å². The van der Waals surface area contributed by atoms with Gasteiger partial charge in [-0.25, -0.2) is 4.98 Å². The van der Waals surface area contributed by atoms with Crippen LogP contribution in [0.3, 0.4) is 0 Å². The molecule has 0 aliphatic heterocycles. The number of methoxy groups -OCH3 is 1. The van der Waals surface area contributed by atoms with Gasteiger partial charge in [-0.3, -0.25) is 4.99 Å². The van der Waals surface area contributed by atoms with Gasteiger partial charge in [0.05, 0.1) is 7.11 Å². The van der Waals surface area contributed by atoms with E-state index in [0.717, 1.165) is 36.8 Å². The Morgan fingerprint density at radius 3 is 2.72 bits per heavy atom. The Labute approximate surface area is 154 Å². The van der Waals surface area contributed by atoms with Gasteiger partial charge in [0.2, 0.25) is 0 Å². The summed E-state index contributed by atoms with van der Waals surface area (Å²) in [5, 5.41) is 7.19. The van der Waals surface area contributed by atoms with E-state index in [1.54, 1.807) is 26.4 Å². The summed E-state index contributed by atoms with van der Waals surface area (Å²) < 4.78 is 5.43. The Hall–Kier alpha value is -2.27. The van der Waals surface area contributed by atoms with Crippen molar-refractivity contribution in [1.82, 2.24) is 15.6 Å². The van der Waals surface area contributed by atoms with E-state index in [9.17, 15) is 0 Å². The van der Waals surface area contributed by atoms with Gasteiger partial charge in [0.15, 0.2) is 5.96 Å². The van der Waals surface area contributed by atoms with Crippen molar-refractivity contribution in [1.29, 1.82) is 0 Å². The third kappa shape index (κ3) is 5.94. The van der Waals surface area contributed by atoms with Crippen LogP contribution in [0.4, 0.5) is 0 Å². The number of aliphatic imine (C=N–C) groups is 1. The maximum absolute atomic E-state index is 5.80. The minimum Gasteiger partial charge on any atom is -0.496 e. The molecule has 2 rings (SSSR count). The van der Waals surface area contributed by atoms with Gasteiger partial charge in [-0.15, -0.1) is 0 Å². The van der Waals surface area contributed by atoms with E-state index in [0.29, 0.717) is 11.1 Å². The third-order valence-corrected chi connectivity index (χ3v) is 4.19. The number of nitrogens with one attached hydrogen (secondary N) is 2. The number of rotatable bonds is 7. The molecule has 0 aliphatic carbocycles. The number of pyridine rings is 1. The highest BCUT2D eigenvalue weighted by atomic mass is 35.5. The molecule has 1 atom stereocenters. The van der Waals surface area contributed by atoms with Crippen LogP contribution in [0.25, 0.3) is 0 Å². The molecule has 1 heterocycles. The number of aromatic nitrogens is 1. The Bertz CT molecular complexity index is 688. The van der Waals surface area contributed by atoms with Gasteiger partial charge in [0.25, 0.3) is 0 Å². The number of ether oxygens (including phenoxy) is 1. The first-order valence-corrected chi connectivity index (χ1v) is 8.69. The van der Waals surface area contributed by atoms with Gasteiger partial charge in [-0.05, 0) is 29.7 Å². The number of benzene rings is 1. The topological polar surface area (TPSA) is 58.5 Å². The molecule has 0 saturated carbocycles. The molecular weight excluding hydrogens is 336 g/mol. The summed E-state index contributed by atoms with van der Waals surface area (Å²) in [6, 6.07) is 11.9. The maximum atomic E-state index is 5.80. The fraction of sp³-hybridized carbons (Fsp3) is 0.368. The van der Waals surface area contributed by atoms with Crippen LogP contribution in [0.5, 0.6) is 5.75 Å². The molecule has 2 N–H and O–H groups in total. The van der Waals surface area contributed by atoms with Gasteiger partial charge in [-0.2, -0.15) is 0 Å². The Morgan fingerprint density at radius 1 is 1.24 bits per heavy atom. The van der Waals surface area contributed by atoms with Crippen molar-refractivity contribution in [2.24, 2.45) is 4.99 Å². The smallest absolute Gasteiger partial charge is 0.191 e. The van der Waals surface area contributed by atoms with Crippen LogP contribution in [-0.2, 0) is 6.42 Å². The van der Waals surface area contributed by atoms with Crippen molar-refractivity contribution in [2.75, 3.05) is 27.2 Å². The Morgan fingerprint density at radius 2 is 2.04 bits per heavy atom. The molecule has 0 spiro atoms. The normalized spacial score (nSPS) is 12.6. The zero-order valence-electron chi connectivity index (χ0n) is 14.9. The minimum absolute atomic E-state index is 0.301. The first-order chi connectivity index (χ1) is 12.1. The average molecular weight is 361 g/mol.